The number of nitrogens with zero attached hydrogens (tertiary/aromatic N) is 4. The van der Waals surface area contributed by atoms with Gasteiger partial charge in [-0.1, -0.05) is 42.5 Å². The number of carbonyl (C=O) groups excluding carboxylic acids is 1. The van der Waals surface area contributed by atoms with Crippen LogP contribution in [0, 0.1) is 5.82 Å². The van der Waals surface area contributed by atoms with Crippen molar-refractivity contribution in [1.29, 1.82) is 0 Å². The van der Waals surface area contributed by atoms with Crippen molar-refractivity contribution in [2.24, 2.45) is 0 Å². The molecule has 4 aromatic rings. The van der Waals surface area contributed by atoms with Gasteiger partial charge >= 0.3 is 0 Å². The number of anilines is 2. The molecule has 7 heteroatoms. The number of halogens is 1. The molecule has 0 unspecified atom stereocenters. The van der Waals surface area contributed by atoms with Gasteiger partial charge in [0.05, 0.1) is 5.69 Å². The van der Waals surface area contributed by atoms with E-state index in [2.05, 4.69) is 44.7 Å². The van der Waals surface area contributed by atoms with Crippen LogP contribution in [0.15, 0.2) is 91.0 Å². The maximum absolute atomic E-state index is 13.4. The molecule has 1 aromatic heterocycles. The Kier molecular flexibility index (Phi) is 6.77. The van der Waals surface area contributed by atoms with Crippen molar-refractivity contribution in [3.63, 3.8) is 0 Å². The van der Waals surface area contributed by atoms with Crippen molar-refractivity contribution in [3.8, 4) is 11.3 Å². The van der Waals surface area contributed by atoms with E-state index in [1.54, 1.807) is 24.3 Å². The predicted molar refractivity (Wildman–Crippen MR) is 135 cm³/mol. The summed E-state index contributed by atoms with van der Waals surface area (Å²) in [5, 5.41) is 11.6. The van der Waals surface area contributed by atoms with Crippen LogP contribution in [0.5, 0.6) is 0 Å². The van der Waals surface area contributed by atoms with Gasteiger partial charge in [-0.2, -0.15) is 0 Å². The third-order valence-corrected chi connectivity index (χ3v) is 6.10. The number of carbonyl (C=O) groups is 1. The highest BCUT2D eigenvalue weighted by Crippen LogP contribution is 2.21. The van der Waals surface area contributed by atoms with Crippen LogP contribution in [-0.2, 0) is 6.54 Å². The molecule has 1 amide bonds. The monoisotopic (exact) mass is 467 g/mol. The molecule has 1 saturated heterocycles. The summed E-state index contributed by atoms with van der Waals surface area (Å²) < 4.78 is 13.4. The Balaban J connectivity index is 1.15. The summed E-state index contributed by atoms with van der Waals surface area (Å²) in [6, 6.07) is 27.6. The van der Waals surface area contributed by atoms with Crippen LogP contribution >= 0.6 is 0 Å². The minimum atomic E-state index is -0.310. The molecule has 1 N–H and O–H groups in total. The molecule has 0 bridgehead atoms. The average Bonchev–Trinajstić information content (AvgIpc) is 2.90. The topological polar surface area (TPSA) is 61.4 Å². The molecule has 1 aliphatic rings. The van der Waals surface area contributed by atoms with Gasteiger partial charge in [0.25, 0.3) is 5.91 Å². The Morgan fingerprint density at radius 1 is 0.829 bits per heavy atom. The summed E-state index contributed by atoms with van der Waals surface area (Å²) in [5.41, 5.74) is 4.04. The van der Waals surface area contributed by atoms with E-state index >= 15 is 0 Å². The zero-order chi connectivity index (χ0) is 24.0. The highest BCUT2D eigenvalue weighted by atomic mass is 19.1. The molecule has 6 nitrogen and oxygen atoms in total. The third kappa shape index (κ3) is 5.70. The van der Waals surface area contributed by atoms with E-state index in [-0.39, 0.29) is 11.7 Å². The lowest BCUT2D eigenvalue weighted by Crippen LogP contribution is -2.48. The molecule has 0 aliphatic carbocycles. The molecule has 5 rings (SSSR count). The zero-order valence-electron chi connectivity index (χ0n) is 19.3. The molecule has 0 radical (unpaired) electrons. The van der Waals surface area contributed by atoms with Crippen LogP contribution < -0.4 is 5.32 Å². The Morgan fingerprint density at radius 3 is 2.29 bits per heavy atom. The van der Waals surface area contributed by atoms with Crippen molar-refractivity contribution < 1.29 is 9.18 Å². The maximum atomic E-state index is 13.4. The highest BCUT2D eigenvalue weighted by molar-refractivity contribution is 5.94. The first kappa shape index (κ1) is 22.7. The molecule has 2 heterocycles. The molecule has 1 aliphatic heterocycles. The number of hydrogen-bond acceptors (Lipinski definition) is 5. The van der Waals surface area contributed by atoms with E-state index in [0.29, 0.717) is 22.6 Å². The van der Waals surface area contributed by atoms with Crippen LogP contribution in [0.1, 0.15) is 15.9 Å². The second-order valence-electron chi connectivity index (χ2n) is 8.57. The van der Waals surface area contributed by atoms with Crippen LogP contribution in [0.2, 0.25) is 0 Å². The van der Waals surface area contributed by atoms with Crippen LogP contribution in [-0.4, -0.2) is 52.1 Å². The lowest BCUT2D eigenvalue weighted by molar-refractivity contribution is 0.0628. The van der Waals surface area contributed by atoms with Gasteiger partial charge in [-0.15, -0.1) is 10.2 Å². The number of aromatic nitrogens is 2. The summed E-state index contributed by atoms with van der Waals surface area (Å²) in [4.78, 5) is 17.3. The summed E-state index contributed by atoms with van der Waals surface area (Å²) in [7, 11) is 0. The number of benzene rings is 3. The largest absolute Gasteiger partial charge is 0.339 e. The van der Waals surface area contributed by atoms with Gasteiger partial charge in [-0.05, 0) is 54.1 Å². The lowest BCUT2D eigenvalue weighted by atomic mass is 10.1. The molecule has 176 valence electrons. The molecule has 3 aromatic carbocycles. The van der Waals surface area contributed by atoms with E-state index < -0.39 is 0 Å². The van der Waals surface area contributed by atoms with E-state index in [9.17, 15) is 9.18 Å². The number of nitrogens with one attached hydrogen (secondary N) is 1. The second kappa shape index (κ2) is 10.4. The van der Waals surface area contributed by atoms with Gasteiger partial charge in [-0.25, -0.2) is 4.39 Å². The van der Waals surface area contributed by atoms with Crippen molar-refractivity contribution in [1.82, 2.24) is 20.0 Å². The minimum Gasteiger partial charge on any atom is -0.339 e. The zero-order valence-corrected chi connectivity index (χ0v) is 19.3. The van der Waals surface area contributed by atoms with Crippen LogP contribution in [0.3, 0.4) is 0 Å². The van der Waals surface area contributed by atoms with Gasteiger partial charge in [0.15, 0.2) is 5.82 Å². The fourth-order valence-electron chi connectivity index (χ4n) is 4.18. The average molecular weight is 468 g/mol. The first-order valence-electron chi connectivity index (χ1n) is 11.7. The summed E-state index contributed by atoms with van der Waals surface area (Å²) >= 11 is 0. The lowest BCUT2D eigenvalue weighted by Gasteiger charge is -2.34. The molecule has 35 heavy (non-hydrogen) atoms. The number of amides is 1. The quantitative estimate of drug-likeness (QED) is 0.433. The number of rotatable bonds is 6. The second-order valence-corrected chi connectivity index (χ2v) is 8.57. The Bertz CT molecular complexity index is 1270. The fourth-order valence-corrected chi connectivity index (χ4v) is 4.18. The number of hydrogen-bond donors (Lipinski definition) is 1. The van der Waals surface area contributed by atoms with Crippen molar-refractivity contribution in [3.05, 3.63) is 108 Å². The molecule has 1 fully saturated rings. The first-order chi connectivity index (χ1) is 17.1. The summed E-state index contributed by atoms with van der Waals surface area (Å²) in [6.45, 7) is 4.09. The van der Waals surface area contributed by atoms with Gasteiger partial charge in [-0.3, -0.25) is 9.69 Å². The van der Waals surface area contributed by atoms with E-state index in [0.717, 1.165) is 38.4 Å². The predicted octanol–water partition coefficient (Wildman–Crippen LogP) is 4.98. The normalized spacial score (nSPS) is 14.0. The van der Waals surface area contributed by atoms with E-state index in [1.807, 2.05) is 35.2 Å². The van der Waals surface area contributed by atoms with Crippen molar-refractivity contribution in [2.75, 3.05) is 31.5 Å². The van der Waals surface area contributed by atoms with E-state index in [1.165, 1.54) is 17.7 Å². The fraction of sp³-hybridized carbons (Fsp3) is 0.179. The van der Waals surface area contributed by atoms with Gasteiger partial charge in [0.2, 0.25) is 0 Å². The van der Waals surface area contributed by atoms with Crippen molar-refractivity contribution >= 4 is 17.4 Å². The summed E-state index contributed by atoms with van der Waals surface area (Å²) in [6.07, 6.45) is 0. The Morgan fingerprint density at radius 2 is 1.60 bits per heavy atom. The maximum Gasteiger partial charge on any atom is 0.253 e. The highest BCUT2D eigenvalue weighted by Gasteiger charge is 2.22. The molecule has 0 saturated carbocycles. The van der Waals surface area contributed by atoms with Crippen LogP contribution in [0.25, 0.3) is 11.3 Å². The van der Waals surface area contributed by atoms with E-state index in [4.69, 9.17) is 0 Å². The summed E-state index contributed by atoms with van der Waals surface area (Å²) in [5.74, 6) is 0.309. The smallest absolute Gasteiger partial charge is 0.253 e. The SMILES string of the molecule is O=C(c1ccc(Nc2ccc(-c3cccc(F)c3)nn2)cc1)N1CCN(Cc2ccccc2)CC1. The number of piperazine rings is 1. The van der Waals surface area contributed by atoms with Gasteiger partial charge < -0.3 is 10.2 Å². The Hall–Kier alpha value is -4.10. The Labute approximate surface area is 204 Å². The first-order valence-corrected chi connectivity index (χ1v) is 11.7. The minimum absolute atomic E-state index is 0.0511. The standard InChI is InChI=1S/C28H26FN5O/c29-24-8-4-7-23(19-24)26-13-14-27(32-31-26)30-25-11-9-22(10-12-25)28(35)34-17-15-33(16-18-34)20-21-5-2-1-3-6-21/h1-14,19H,15-18,20H2,(H,30,32). The van der Waals surface area contributed by atoms with Crippen molar-refractivity contribution in [2.45, 2.75) is 6.54 Å². The molecular formula is C28H26FN5O. The van der Waals surface area contributed by atoms with Gasteiger partial charge in [0.1, 0.15) is 5.82 Å². The third-order valence-electron chi connectivity index (χ3n) is 6.10. The van der Waals surface area contributed by atoms with Gasteiger partial charge in [0, 0.05) is 49.5 Å². The molecular weight excluding hydrogens is 441 g/mol. The molecule has 0 atom stereocenters. The molecule has 0 spiro atoms. The van der Waals surface area contributed by atoms with Crippen LogP contribution in [0.4, 0.5) is 15.9 Å².